The number of aromatic nitrogens is 2. The number of fused-ring (bicyclic) bond motifs is 1. The average Bonchev–Trinajstić information content (AvgIpc) is 2.86. The second-order valence-electron chi connectivity index (χ2n) is 7.81. The zero-order valence-corrected chi connectivity index (χ0v) is 21.7. The molecule has 35 heavy (non-hydrogen) atoms. The lowest BCUT2D eigenvalue weighted by molar-refractivity contribution is -0.115. The molecule has 10 heteroatoms. The highest BCUT2D eigenvalue weighted by molar-refractivity contribution is 14.1. The summed E-state index contributed by atoms with van der Waals surface area (Å²) in [7, 11) is -1.98. The second kappa shape index (κ2) is 10.6. The number of nitrogens with one attached hydrogen (secondary N) is 1. The van der Waals surface area contributed by atoms with Gasteiger partial charge in [-0.1, -0.05) is 30.3 Å². The van der Waals surface area contributed by atoms with Gasteiger partial charge in [0.2, 0.25) is 5.91 Å². The Hall–Kier alpha value is -3.25. The van der Waals surface area contributed by atoms with E-state index < -0.39 is 15.7 Å². The molecule has 0 unspecified atom stereocenters. The number of carbonyl (C=O) groups is 1. The van der Waals surface area contributed by atoms with E-state index in [9.17, 15) is 18.0 Å². The minimum absolute atomic E-state index is 0.177. The topological polar surface area (TPSA) is 107 Å². The van der Waals surface area contributed by atoms with Gasteiger partial charge in [0.25, 0.3) is 5.56 Å². The van der Waals surface area contributed by atoms with Crippen molar-refractivity contribution in [3.8, 4) is 5.75 Å². The van der Waals surface area contributed by atoms with Crippen molar-refractivity contribution in [1.82, 2.24) is 9.55 Å². The summed E-state index contributed by atoms with van der Waals surface area (Å²) in [5.41, 5.74) is 1.61. The summed E-state index contributed by atoms with van der Waals surface area (Å²) in [6, 6.07) is 18.7. The monoisotopic (exact) mass is 603 g/mol. The van der Waals surface area contributed by atoms with Gasteiger partial charge in [-0.15, -0.1) is 0 Å². The van der Waals surface area contributed by atoms with Gasteiger partial charge in [-0.05, 0) is 64.6 Å². The minimum atomic E-state index is -3.57. The van der Waals surface area contributed by atoms with Crippen LogP contribution in [-0.4, -0.2) is 36.7 Å². The molecule has 4 aromatic rings. The number of ether oxygens (including phenoxy) is 1. The van der Waals surface area contributed by atoms with Crippen LogP contribution >= 0.6 is 22.6 Å². The molecule has 0 aliphatic rings. The molecule has 0 fully saturated rings. The number of anilines is 1. The standard InChI is InChI=1S/C25H22IN3O5S/c1-34-18-9-7-17(8-10-18)15-29-16-27-22-14-21(26)23(13-20(22)25(29)31)28-24(30)11-12-35(32,33)19-5-3-2-4-6-19/h2-10,13-14,16H,11-12,15H2,1H3,(H,28,30). The van der Waals surface area contributed by atoms with Gasteiger partial charge in [0.1, 0.15) is 5.75 Å². The van der Waals surface area contributed by atoms with Crippen LogP contribution in [0.25, 0.3) is 10.9 Å². The van der Waals surface area contributed by atoms with Gasteiger partial charge in [0.05, 0.1) is 47.2 Å². The molecule has 1 heterocycles. The first kappa shape index (κ1) is 24.9. The summed E-state index contributed by atoms with van der Waals surface area (Å²) in [5.74, 6) is -0.0445. The number of sulfone groups is 1. The molecule has 180 valence electrons. The normalized spacial score (nSPS) is 11.4. The van der Waals surface area contributed by atoms with Crippen molar-refractivity contribution < 1.29 is 17.9 Å². The molecule has 0 atom stereocenters. The number of nitrogens with zero attached hydrogens (tertiary/aromatic N) is 2. The van der Waals surface area contributed by atoms with Crippen molar-refractivity contribution in [2.75, 3.05) is 18.2 Å². The quantitative estimate of drug-likeness (QED) is 0.307. The first-order chi connectivity index (χ1) is 16.8. The Labute approximate surface area is 216 Å². The number of hydrogen-bond acceptors (Lipinski definition) is 6. The van der Waals surface area contributed by atoms with E-state index >= 15 is 0 Å². The van der Waals surface area contributed by atoms with Gasteiger partial charge in [0, 0.05) is 9.99 Å². The van der Waals surface area contributed by atoms with Crippen LogP contribution in [0.2, 0.25) is 0 Å². The van der Waals surface area contributed by atoms with E-state index in [-0.39, 0.29) is 22.6 Å². The number of rotatable bonds is 8. The van der Waals surface area contributed by atoms with Crippen LogP contribution in [0.3, 0.4) is 0 Å². The van der Waals surface area contributed by atoms with Crippen LogP contribution in [0.5, 0.6) is 5.75 Å². The van der Waals surface area contributed by atoms with Crippen LogP contribution in [0.4, 0.5) is 5.69 Å². The highest BCUT2D eigenvalue weighted by Gasteiger charge is 2.17. The molecular formula is C25H22IN3O5S. The lowest BCUT2D eigenvalue weighted by atomic mass is 10.2. The third-order valence-corrected chi connectivity index (χ3v) is 8.02. The van der Waals surface area contributed by atoms with Crippen molar-refractivity contribution >= 4 is 54.9 Å². The summed E-state index contributed by atoms with van der Waals surface area (Å²) in [6.45, 7) is 0.330. The first-order valence-corrected chi connectivity index (χ1v) is 13.4. The Balaban J connectivity index is 1.52. The number of methoxy groups -OCH3 is 1. The molecule has 0 spiro atoms. The molecule has 0 saturated heterocycles. The van der Waals surface area contributed by atoms with Crippen molar-refractivity contribution in [2.45, 2.75) is 17.9 Å². The molecule has 0 aliphatic heterocycles. The van der Waals surface area contributed by atoms with Crippen LogP contribution in [0.15, 0.2) is 82.7 Å². The fourth-order valence-electron chi connectivity index (χ4n) is 3.50. The minimum Gasteiger partial charge on any atom is -0.497 e. The van der Waals surface area contributed by atoms with Crippen molar-refractivity contribution in [1.29, 1.82) is 0 Å². The third kappa shape index (κ3) is 5.88. The molecule has 0 aliphatic carbocycles. The van der Waals surface area contributed by atoms with E-state index in [1.54, 1.807) is 37.4 Å². The zero-order chi connectivity index (χ0) is 25.0. The largest absolute Gasteiger partial charge is 0.497 e. The maximum atomic E-state index is 13.1. The number of amides is 1. The molecular weight excluding hydrogens is 581 g/mol. The Bertz CT molecular complexity index is 1540. The smallest absolute Gasteiger partial charge is 0.261 e. The number of hydrogen-bond donors (Lipinski definition) is 1. The Morgan fingerprint density at radius 1 is 1.09 bits per heavy atom. The predicted octanol–water partition coefficient (Wildman–Crippen LogP) is 3.86. The van der Waals surface area contributed by atoms with E-state index in [2.05, 4.69) is 10.3 Å². The van der Waals surface area contributed by atoms with Crippen molar-refractivity contribution in [3.05, 3.63) is 92.5 Å². The Morgan fingerprint density at radius 3 is 2.49 bits per heavy atom. The van der Waals surface area contributed by atoms with Gasteiger partial charge in [-0.25, -0.2) is 13.4 Å². The van der Waals surface area contributed by atoms with Crippen LogP contribution < -0.4 is 15.6 Å². The number of benzene rings is 3. The molecule has 1 aromatic heterocycles. The summed E-state index contributed by atoms with van der Waals surface area (Å²) in [5, 5.41) is 3.09. The van der Waals surface area contributed by atoms with Gasteiger partial charge in [-0.2, -0.15) is 0 Å². The zero-order valence-electron chi connectivity index (χ0n) is 18.8. The summed E-state index contributed by atoms with van der Waals surface area (Å²) >= 11 is 2.05. The summed E-state index contributed by atoms with van der Waals surface area (Å²) < 4.78 is 32.3. The maximum absolute atomic E-state index is 13.1. The van der Waals surface area contributed by atoms with E-state index in [4.69, 9.17) is 4.74 Å². The maximum Gasteiger partial charge on any atom is 0.261 e. The molecule has 1 N–H and O–H groups in total. The molecule has 8 nitrogen and oxygen atoms in total. The fraction of sp³-hybridized carbons (Fsp3) is 0.160. The average molecular weight is 603 g/mol. The van der Waals surface area contributed by atoms with Crippen molar-refractivity contribution in [2.24, 2.45) is 0 Å². The molecule has 4 rings (SSSR count). The van der Waals surface area contributed by atoms with E-state index in [0.29, 0.717) is 26.7 Å². The lowest BCUT2D eigenvalue weighted by Gasteiger charge is -2.11. The van der Waals surface area contributed by atoms with Gasteiger partial charge in [-0.3, -0.25) is 14.2 Å². The highest BCUT2D eigenvalue weighted by atomic mass is 127. The SMILES string of the molecule is COc1ccc(Cn2cnc3cc(I)c(NC(=O)CCS(=O)(=O)c4ccccc4)cc3c2=O)cc1. The van der Waals surface area contributed by atoms with Crippen LogP contribution in [0.1, 0.15) is 12.0 Å². The van der Waals surface area contributed by atoms with Gasteiger partial charge in [0.15, 0.2) is 9.84 Å². The van der Waals surface area contributed by atoms with Crippen molar-refractivity contribution in [3.63, 3.8) is 0 Å². The second-order valence-corrected chi connectivity index (χ2v) is 11.1. The summed E-state index contributed by atoms with van der Waals surface area (Å²) in [6.07, 6.45) is 1.29. The predicted molar refractivity (Wildman–Crippen MR) is 143 cm³/mol. The van der Waals surface area contributed by atoms with E-state index in [1.807, 2.05) is 46.9 Å². The number of carbonyl (C=O) groups excluding carboxylic acids is 1. The number of halogens is 1. The van der Waals surface area contributed by atoms with Gasteiger partial charge >= 0.3 is 0 Å². The highest BCUT2D eigenvalue weighted by Crippen LogP contribution is 2.23. The molecule has 0 bridgehead atoms. The molecule has 1 amide bonds. The van der Waals surface area contributed by atoms with Crippen LogP contribution in [0, 0.1) is 3.57 Å². The molecule has 0 saturated carbocycles. The molecule has 0 radical (unpaired) electrons. The summed E-state index contributed by atoms with van der Waals surface area (Å²) in [4.78, 5) is 30.2. The molecule has 3 aromatic carbocycles. The third-order valence-electron chi connectivity index (χ3n) is 5.40. The lowest BCUT2D eigenvalue weighted by Crippen LogP contribution is -2.22. The van der Waals surface area contributed by atoms with E-state index in [0.717, 1.165) is 11.3 Å². The van der Waals surface area contributed by atoms with Gasteiger partial charge < -0.3 is 10.1 Å². The first-order valence-electron chi connectivity index (χ1n) is 10.7. The Morgan fingerprint density at radius 2 is 1.80 bits per heavy atom. The Kier molecular flexibility index (Phi) is 7.51. The van der Waals surface area contributed by atoms with Crippen LogP contribution in [-0.2, 0) is 21.2 Å². The van der Waals surface area contributed by atoms with E-state index in [1.165, 1.54) is 23.0 Å². The fourth-order valence-corrected chi connectivity index (χ4v) is 5.35.